The summed E-state index contributed by atoms with van der Waals surface area (Å²) in [5.41, 5.74) is 2.31. The Hall–Kier alpha value is -3.87. The average Bonchev–Trinajstić information content (AvgIpc) is 3.29. The van der Waals surface area contributed by atoms with Gasteiger partial charge in [-0.3, -0.25) is 14.4 Å². The summed E-state index contributed by atoms with van der Waals surface area (Å²) in [4.78, 5) is 37.7. The first-order chi connectivity index (χ1) is 14.5. The molecule has 1 atom stereocenters. The molecule has 0 spiro atoms. The number of amides is 3. The lowest BCUT2D eigenvalue weighted by molar-refractivity contribution is -0.118. The number of para-hydroxylation sites is 1. The summed E-state index contributed by atoms with van der Waals surface area (Å²) in [5, 5.41) is 8.21. The number of aryl methyl sites for hydroxylation is 1. The van der Waals surface area contributed by atoms with Crippen LogP contribution in [-0.4, -0.2) is 23.8 Å². The fourth-order valence-electron chi connectivity index (χ4n) is 2.84. The van der Waals surface area contributed by atoms with Crippen LogP contribution in [0.4, 0.5) is 11.4 Å². The van der Waals surface area contributed by atoms with Crippen molar-refractivity contribution in [2.75, 3.05) is 10.6 Å². The van der Waals surface area contributed by atoms with Crippen LogP contribution in [0.1, 0.15) is 39.8 Å². The molecule has 0 fully saturated rings. The van der Waals surface area contributed by atoms with Gasteiger partial charge in [0, 0.05) is 5.69 Å². The molecule has 0 aliphatic heterocycles. The van der Waals surface area contributed by atoms with E-state index in [-0.39, 0.29) is 17.2 Å². The van der Waals surface area contributed by atoms with E-state index in [1.165, 1.54) is 12.3 Å². The molecule has 2 aromatic carbocycles. The van der Waals surface area contributed by atoms with Crippen molar-refractivity contribution in [3.63, 3.8) is 0 Å². The number of benzene rings is 2. The molecule has 0 saturated heterocycles. The molecule has 0 unspecified atom stereocenters. The molecule has 7 heteroatoms. The summed E-state index contributed by atoms with van der Waals surface area (Å²) in [6.45, 7) is 3.77. The van der Waals surface area contributed by atoms with Gasteiger partial charge in [-0.15, -0.1) is 0 Å². The Morgan fingerprint density at radius 3 is 2.30 bits per heavy atom. The zero-order valence-corrected chi connectivity index (χ0v) is 16.8. The molecular formula is C23H23N3O4. The van der Waals surface area contributed by atoms with Gasteiger partial charge in [-0.05, 0) is 49.7 Å². The third-order valence-electron chi connectivity index (χ3n) is 4.51. The zero-order valence-electron chi connectivity index (χ0n) is 16.8. The molecule has 0 saturated carbocycles. The van der Waals surface area contributed by atoms with E-state index in [0.717, 1.165) is 5.56 Å². The Balaban J connectivity index is 1.70. The van der Waals surface area contributed by atoms with Crippen molar-refractivity contribution in [3.05, 3.63) is 83.8 Å². The molecule has 0 aliphatic carbocycles. The minimum Gasteiger partial charge on any atom is -0.459 e. The van der Waals surface area contributed by atoms with Crippen LogP contribution >= 0.6 is 0 Å². The molecule has 3 aromatic rings. The van der Waals surface area contributed by atoms with Gasteiger partial charge < -0.3 is 20.4 Å². The van der Waals surface area contributed by atoms with Crippen LogP contribution in [0.2, 0.25) is 0 Å². The molecule has 0 aliphatic rings. The van der Waals surface area contributed by atoms with Crippen molar-refractivity contribution < 1.29 is 18.8 Å². The molecule has 0 radical (unpaired) electrons. The van der Waals surface area contributed by atoms with Crippen LogP contribution in [0.15, 0.2) is 71.3 Å². The highest BCUT2D eigenvalue weighted by Gasteiger charge is 2.22. The van der Waals surface area contributed by atoms with Gasteiger partial charge in [0.15, 0.2) is 5.76 Å². The van der Waals surface area contributed by atoms with Crippen LogP contribution in [0.25, 0.3) is 0 Å². The lowest BCUT2D eigenvalue weighted by Gasteiger charge is -2.18. The quantitative estimate of drug-likeness (QED) is 0.553. The number of carbonyl (C=O) groups excluding carboxylic acids is 3. The van der Waals surface area contributed by atoms with Crippen molar-refractivity contribution in [2.24, 2.45) is 0 Å². The highest BCUT2D eigenvalue weighted by molar-refractivity contribution is 6.09. The van der Waals surface area contributed by atoms with Gasteiger partial charge in [-0.1, -0.05) is 36.8 Å². The van der Waals surface area contributed by atoms with Crippen LogP contribution in [0, 0.1) is 6.92 Å². The second kappa shape index (κ2) is 9.56. The number of furan rings is 1. The zero-order chi connectivity index (χ0) is 21.5. The minimum absolute atomic E-state index is 0.133. The third-order valence-corrected chi connectivity index (χ3v) is 4.51. The second-order valence-corrected chi connectivity index (χ2v) is 6.77. The van der Waals surface area contributed by atoms with E-state index in [0.29, 0.717) is 17.8 Å². The summed E-state index contributed by atoms with van der Waals surface area (Å²) >= 11 is 0. The summed E-state index contributed by atoms with van der Waals surface area (Å²) in [5.74, 6) is -1.11. The Morgan fingerprint density at radius 1 is 0.900 bits per heavy atom. The predicted octanol–water partition coefficient (Wildman–Crippen LogP) is 3.99. The standard InChI is InChI=1S/C23H23N3O4/c1-3-18(22(28)24-16-12-10-15(2)11-13-16)25-21(27)17-7-4-5-8-19(17)26-23(29)20-9-6-14-30-20/h4-14,18H,3H2,1-2H3,(H,24,28)(H,25,27)(H,26,29)/t18-/m0/s1. The highest BCUT2D eigenvalue weighted by atomic mass is 16.3. The van der Waals surface area contributed by atoms with Crippen LogP contribution in [0.3, 0.4) is 0 Å². The van der Waals surface area contributed by atoms with E-state index in [2.05, 4.69) is 16.0 Å². The Kier molecular flexibility index (Phi) is 6.64. The number of hydrogen-bond acceptors (Lipinski definition) is 4. The first-order valence-electron chi connectivity index (χ1n) is 9.60. The third kappa shape index (κ3) is 5.14. The molecule has 7 nitrogen and oxygen atoms in total. The normalized spacial score (nSPS) is 11.4. The van der Waals surface area contributed by atoms with Gasteiger partial charge in [0.05, 0.1) is 17.5 Å². The first kappa shape index (κ1) is 20.9. The number of nitrogens with one attached hydrogen (secondary N) is 3. The fraction of sp³-hybridized carbons (Fsp3) is 0.174. The van der Waals surface area contributed by atoms with E-state index < -0.39 is 17.9 Å². The van der Waals surface area contributed by atoms with Gasteiger partial charge >= 0.3 is 0 Å². The molecule has 1 heterocycles. The lowest BCUT2D eigenvalue weighted by Crippen LogP contribution is -2.43. The average molecular weight is 405 g/mol. The molecule has 154 valence electrons. The molecular weight excluding hydrogens is 382 g/mol. The fourth-order valence-corrected chi connectivity index (χ4v) is 2.84. The maximum absolute atomic E-state index is 12.8. The summed E-state index contributed by atoms with van der Waals surface area (Å²) in [6, 6.07) is 16.4. The molecule has 1 aromatic heterocycles. The SMILES string of the molecule is CC[C@H](NC(=O)c1ccccc1NC(=O)c1ccco1)C(=O)Nc1ccc(C)cc1. The predicted molar refractivity (Wildman–Crippen MR) is 114 cm³/mol. The summed E-state index contributed by atoms with van der Waals surface area (Å²) in [6.07, 6.45) is 1.80. The van der Waals surface area contributed by atoms with Gasteiger partial charge in [0.25, 0.3) is 11.8 Å². The largest absolute Gasteiger partial charge is 0.459 e. The van der Waals surface area contributed by atoms with Crippen molar-refractivity contribution in [3.8, 4) is 0 Å². The van der Waals surface area contributed by atoms with Crippen molar-refractivity contribution in [1.29, 1.82) is 0 Å². The monoisotopic (exact) mass is 405 g/mol. The topological polar surface area (TPSA) is 100 Å². The van der Waals surface area contributed by atoms with Gasteiger partial charge in [0.2, 0.25) is 5.91 Å². The minimum atomic E-state index is -0.729. The number of rotatable bonds is 7. The smallest absolute Gasteiger partial charge is 0.291 e. The lowest BCUT2D eigenvalue weighted by atomic mass is 10.1. The maximum Gasteiger partial charge on any atom is 0.291 e. The van der Waals surface area contributed by atoms with Crippen molar-refractivity contribution in [2.45, 2.75) is 26.3 Å². The Labute approximate surface area is 174 Å². The summed E-state index contributed by atoms with van der Waals surface area (Å²) in [7, 11) is 0. The first-order valence-corrected chi connectivity index (χ1v) is 9.60. The molecule has 3 N–H and O–H groups in total. The van der Waals surface area contributed by atoms with Gasteiger partial charge in [0.1, 0.15) is 6.04 Å². The van der Waals surface area contributed by atoms with Gasteiger partial charge in [-0.2, -0.15) is 0 Å². The molecule has 30 heavy (non-hydrogen) atoms. The van der Waals surface area contributed by atoms with Crippen LogP contribution in [-0.2, 0) is 4.79 Å². The highest BCUT2D eigenvalue weighted by Crippen LogP contribution is 2.17. The van der Waals surface area contributed by atoms with E-state index in [4.69, 9.17) is 4.42 Å². The van der Waals surface area contributed by atoms with E-state index in [1.54, 1.807) is 42.5 Å². The maximum atomic E-state index is 12.8. The van der Waals surface area contributed by atoms with Crippen LogP contribution < -0.4 is 16.0 Å². The molecule has 0 bridgehead atoms. The van der Waals surface area contributed by atoms with Crippen molar-refractivity contribution in [1.82, 2.24) is 5.32 Å². The second-order valence-electron chi connectivity index (χ2n) is 6.77. The van der Waals surface area contributed by atoms with E-state index in [1.807, 2.05) is 26.0 Å². The number of anilines is 2. The Bertz CT molecular complexity index is 1030. The number of hydrogen-bond donors (Lipinski definition) is 3. The van der Waals surface area contributed by atoms with Crippen LogP contribution in [0.5, 0.6) is 0 Å². The Morgan fingerprint density at radius 2 is 1.63 bits per heavy atom. The van der Waals surface area contributed by atoms with E-state index >= 15 is 0 Å². The van der Waals surface area contributed by atoms with Crippen molar-refractivity contribution >= 4 is 29.1 Å². The summed E-state index contributed by atoms with van der Waals surface area (Å²) < 4.78 is 5.08. The number of carbonyl (C=O) groups is 3. The van der Waals surface area contributed by atoms with Gasteiger partial charge in [-0.25, -0.2) is 0 Å². The molecule has 3 rings (SSSR count). The van der Waals surface area contributed by atoms with E-state index in [9.17, 15) is 14.4 Å². The molecule has 3 amide bonds.